The molecule has 0 bridgehead atoms. The Morgan fingerprint density at radius 2 is 0.860 bits per heavy atom. The second-order valence-corrected chi connectivity index (χ2v) is 12.5. The molecule has 0 amide bonds. The molecule has 2 aromatic heterocycles. The summed E-state index contributed by atoms with van der Waals surface area (Å²) in [6.45, 7) is 0. The summed E-state index contributed by atoms with van der Waals surface area (Å²) >= 11 is 0. The molecule has 0 radical (unpaired) electrons. The molecule has 232 valence electrons. The van der Waals surface area contributed by atoms with Crippen LogP contribution >= 0.6 is 0 Å². The van der Waals surface area contributed by atoms with Crippen molar-refractivity contribution in [1.82, 2.24) is 0 Å². The summed E-state index contributed by atoms with van der Waals surface area (Å²) in [5.41, 5.74) is 5.84. The number of rotatable bonds is 3. The Labute approximate surface area is 298 Å². The van der Waals surface area contributed by atoms with Crippen LogP contribution in [0.2, 0.25) is 0 Å². The maximum Gasteiger partial charge on any atom is 0.143 e. The molecule has 0 aliphatic carbocycles. The van der Waals surface area contributed by atoms with E-state index in [1.54, 1.807) is 6.07 Å². The van der Waals surface area contributed by atoms with Crippen LogP contribution < -0.4 is 0 Å². The quantitative estimate of drug-likeness (QED) is 0.179. The van der Waals surface area contributed by atoms with Gasteiger partial charge >= 0.3 is 0 Å². The topological polar surface area (TPSA) is 26.3 Å². The van der Waals surface area contributed by atoms with E-state index < -0.39 is 24.2 Å². The highest BCUT2D eigenvalue weighted by Gasteiger charge is 2.23. The van der Waals surface area contributed by atoms with Crippen molar-refractivity contribution in [2.45, 2.75) is 0 Å². The Morgan fingerprint density at radius 1 is 0.340 bits per heavy atom. The lowest BCUT2D eigenvalue weighted by Crippen LogP contribution is -1.92. The molecule has 0 aliphatic rings. The molecule has 2 heteroatoms. The number of benzene rings is 9. The minimum absolute atomic E-state index is 0.126. The Morgan fingerprint density at radius 3 is 1.56 bits per heavy atom. The Kier molecular flexibility index (Phi) is 4.31. The van der Waals surface area contributed by atoms with Gasteiger partial charge in [0.25, 0.3) is 0 Å². The van der Waals surface area contributed by atoms with Crippen LogP contribution in [0.25, 0.3) is 110 Å². The van der Waals surface area contributed by atoms with Gasteiger partial charge in [-0.05, 0) is 72.8 Å². The minimum atomic E-state index is -0.461. The van der Waals surface area contributed by atoms with Gasteiger partial charge < -0.3 is 8.83 Å². The van der Waals surface area contributed by atoms with Gasteiger partial charge in [-0.15, -0.1) is 0 Å². The highest BCUT2D eigenvalue weighted by atomic mass is 16.3. The van der Waals surface area contributed by atoms with E-state index in [0.29, 0.717) is 33.4 Å². The molecule has 2 heterocycles. The fraction of sp³-hybridized carbons (Fsp3) is 0. The van der Waals surface area contributed by atoms with E-state index in [-0.39, 0.29) is 51.3 Å². The molecule has 11 aromatic rings. The van der Waals surface area contributed by atoms with Gasteiger partial charge in [0, 0.05) is 32.7 Å². The molecular weight excluding hydrogens is 609 g/mol. The lowest BCUT2D eigenvalue weighted by molar-refractivity contribution is 0.663. The average Bonchev–Trinajstić information content (AvgIpc) is 3.83. The fourth-order valence-corrected chi connectivity index (χ4v) is 7.85. The van der Waals surface area contributed by atoms with E-state index in [0.717, 1.165) is 49.0 Å². The normalized spacial score (nSPS) is 14.2. The predicted octanol–water partition coefficient (Wildman–Crippen LogP) is 13.9. The minimum Gasteiger partial charge on any atom is -0.456 e. The van der Waals surface area contributed by atoms with Crippen LogP contribution in [0.1, 0.15) is 11.0 Å². The van der Waals surface area contributed by atoms with Crippen LogP contribution in [-0.4, -0.2) is 0 Å². The van der Waals surface area contributed by atoms with Gasteiger partial charge in [0.15, 0.2) is 0 Å². The molecule has 0 spiro atoms. The number of hydrogen-bond donors (Lipinski definition) is 0. The zero-order valence-electron chi connectivity index (χ0n) is 34.4. The third-order valence-corrected chi connectivity index (χ3v) is 9.92. The Hall–Kier alpha value is -6.64. The lowest BCUT2D eigenvalue weighted by atomic mass is 9.83. The summed E-state index contributed by atoms with van der Waals surface area (Å²) in [5, 5.41) is 5.48. The third-order valence-electron chi connectivity index (χ3n) is 9.92. The molecule has 0 aliphatic heterocycles. The van der Waals surface area contributed by atoms with Crippen LogP contribution in [0.15, 0.2) is 179 Å². The van der Waals surface area contributed by atoms with Crippen LogP contribution in [0.5, 0.6) is 0 Å². The molecule has 0 N–H and O–H groups in total. The van der Waals surface area contributed by atoms with Crippen molar-refractivity contribution < 1.29 is 19.8 Å². The second kappa shape index (κ2) is 10.4. The van der Waals surface area contributed by atoms with Crippen molar-refractivity contribution in [3.63, 3.8) is 0 Å². The summed E-state index contributed by atoms with van der Waals surface area (Å²) < 4.78 is 86.9. The summed E-state index contributed by atoms with van der Waals surface area (Å²) in [7, 11) is 0. The van der Waals surface area contributed by atoms with E-state index in [2.05, 4.69) is 0 Å². The number of para-hydroxylation sites is 2. The van der Waals surface area contributed by atoms with Crippen LogP contribution in [0, 0.1) is 0 Å². The standard InChI is InChI=1S/C48H28O2/c1-2-13-29(14-3-1)30-25-26-37(32-16-5-4-15-31(30)32)44-33-17-6-8-19-35(33)45(36-20-9-7-18-34(36)44)39-22-12-23-40-47-43(50-48(39)40)28-27-42-46(47)38-21-10-11-24-41(38)49-42/h1-28H/i6D,7D,8D,9D,17D,18D,19D,20D. The lowest BCUT2D eigenvalue weighted by Gasteiger charge is -2.19. The molecule has 0 unspecified atom stereocenters. The highest BCUT2D eigenvalue weighted by molar-refractivity contribution is 6.29. The number of furan rings is 2. The molecule has 9 aromatic carbocycles. The first-order valence-electron chi connectivity index (χ1n) is 20.4. The maximum atomic E-state index is 9.55. The van der Waals surface area contributed by atoms with E-state index in [1.807, 2.05) is 115 Å². The van der Waals surface area contributed by atoms with E-state index in [4.69, 9.17) is 14.3 Å². The molecule has 50 heavy (non-hydrogen) atoms. The first-order valence-corrected chi connectivity index (χ1v) is 16.4. The zero-order chi connectivity index (χ0) is 39.7. The van der Waals surface area contributed by atoms with Crippen molar-refractivity contribution in [3.8, 4) is 33.4 Å². The molecule has 0 atom stereocenters. The van der Waals surface area contributed by atoms with E-state index in [9.17, 15) is 5.48 Å². The maximum absolute atomic E-state index is 9.55. The smallest absolute Gasteiger partial charge is 0.143 e. The monoisotopic (exact) mass is 644 g/mol. The average molecular weight is 645 g/mol. The summed E-state index contributed by atoms with van der Waals surface area (Å²) in [5.74, 6) is 0. The number of fused-ring (bicyclic) bond motifs is 10. The molecular formula is C48H28O2. The molecule has 0 saturated heterocycles. The SMILES string of the molecule is [2H]c1c([2H])c([2H])c2c(-c3cccc4c3oc3ccc5oc6ccccc6c5c34)c3c([2H])c([2H])c([2H])c([2H])c3c(-c3ccc(-c4ccccc4)c4ccccc34)c2c1[2H]. The van der Waals surface area contributed by atoms with Gasteiger partial charge in [0.1, 0.15) is 22.3 Å². The van der Waals surface area contributed by atoms with Gasteiger partial charge in [-0.1, -0.05) is 151 Å². The Bertz CT molecular complexity index is 3530. The fourth-order valence-electron chi connectivity index (χ4n) is 7.85. The van der Waals surface area contributed by atoms with Gasteiger partial charge in [-0.2, -0.15) is 0 Å². The zero-order valence-corrected chi connectivity index (χ0v) is 26.4. The van der Waals surface area contributed by atoms with Crippen LogP contribution in [-0.2, 0) is 0 Å². The first kappa shape index (κ1) is 20.7. The van der Waals surface area contributed by atoms with Gasteiger partial charge in [0.05, 0.1) is 11.0 Å². The summed E-state index contributed by atoms with van der Waals surface area (Å²) in [6.07, 6.45) is 0. The van der Waals surface area contributed by atoms with Crippen molar-refractivity contribution >= 4 is 76.2 Å². The first-order chi connectivity index (χ1) is 28.2. The second-order valence-electron chi connectivity index (χ2n) is 12.5. The van der Waals surface area contributed by atoms with Crippen LogP contribution in [0.3, 0.4) is 0 Å². The molecule has 0 fully saturated rings. The van der Waals surface area contributed by atoms with E-state index >= 15 is 0 Å². The van der Waals surface area contributed by atoms with Crippen molar-refractivity contribution in [2.24, 2.45) is 0 Å². The van der Waals surface area contributed by atoms with E-state index in [1.165, 1.54) is 0 Å². The molecule has 2 nitrogen and oxygen atoms in total. The van der Waals surface area contributed by atoms with Crippen molar-refractivity contribution in [1.29, 1.82) is 0 Å². The summed E-state index contributed by atoms with van der Waals surface area (Å²) in [6, 6.07) is 35.4. The third kappa shape index (κ3) is 3.79. The van der Waals surface area contributed by atoms with Gasteiger partial charge in [-0.3, -0.25) is 0 Å². The Balaban J connectivity index is 1.37. The summed E-state index contributed by atoms with van der Waals surface area (Å²) in [4.78, 5) is 0. The van der Waals surface area contributed by atoms with Crippen molar-refractivity contribution in [2.75, 3.05) is 0 Å². The van der Waals surface area contributed by atoms with Gasteiger partial charge in [0.2, 0.25) is 0 Å². The molecule has 0 saturated carbocycles. The highest BCUT2D eigenvalue weighted by Crippen LogP contribution is 2.49. The number of hydrogen-bond acceptors (Lipinski definition) is 2. The van der Waals surface area contributed by atoms with Crippen molar-refractivity contribution in [3.05, 3.63) is 170 Å². The molecule has 11 rings (SSSR count). The largest absolute Gasteiger partial charge is 0.456 e. The van der Waals surface area contributed by atoms with Crippen LogP contribution in [0.4, 0.5) is 0 Å². The van der Waals surface area contributed by atoms with Gasteiger partial charge in [-0.25, -0.2) is 0 Å². The predicted molar refractivity (Wildman–Crippen MR) is 210 cm³/mol.